The molecule has 2 aliphatic rings. The maximum Gasteiger partial charge on any atom is 0.308 e. The molecule has 0 radical (unpaired) electrons. The number of rotatable bonds is 4. The molecule has 3 nitrogen and oxygen atoms in total. The van der Waals surface area contributed by atoms with E-state index in [1.165, 1.54) is 30.5 Å². The van der Waals surface area contributed by atoms with Crippen LogP contribution in [0.3, 0.4) is 0 Å². The van der Waals surface area contributed by atoms with Crippen LogP contribution >= 0.6 is 0 Å². The fourth-order valence-electron chi connectivity index (χ4n) is 3.28. The molecule has 2 unspecified atom stereocenters. The third-order valence-electron chi connectivity index (χ3n) is 4.78. The topological polar surface area (TPSA) is 40.5 Å². The maximum absolute atomic E-state index is 11.3. The summed E-state index contributed by atoms with van der Waals surface area (Å²) in [6.07, 6.45) is 4.80. The molecule has 1 heterocycles. The number of hydrogen-bond donors (Lipinski definition) is 1. The molecule has 1 aromatic carbocycles. The summed E-state index contributed by atoms with van der Waals surface area (Å²) < 4.78 is 0. The van der Waals surface area contributed by atoms with Gasteiger partial charge in [0.05, 0.1) is 5.92 Å². The fourth-order valence-corrected chi connectivity index (χ4v) is 3.28. The van der Waals surface area contributed by atoms with E-state index in [9.17, 15) is 9.90 Å². The Bertz CT molecular complexity index is 481. The highest BCUT2D eigenvalue weighted by atomic mass is 16.4. The van der Waals surface area contributed by atoms with Crippen molar-refractivity contribution in [1.29, 1.82) is 0 Å². The zero-order chi connectivity index (χ0) is 13.4. The summed E-state index contributed by atoms with van der Waals surface area (Å²) in [5.41, 5.74) is 2.56. The highest BCUT2D eigenvalue weighted by molar-refractivity contribution is 5.73. The molecule has 0 saturated heterocycles. The Morgan fingerprint density at radius 2 is 2.16 bits per heavy atom. The van der Waals surface area contributed by atoms with Crippen LogP contribution < -0.4 is 4.90 Å². The van der Waals surface area contributed by atoms with Crippen molar-refractivity contribution in [3.05, 3.63) is 29.8 Å². The molecule has 3 rings (SSSR count). The molecule has 2 atom stereocenters. The third-order valence-corrected chi connectivity index (χ3v) is 4.78. The zero-order valence-electron chi connectivity index (χ0n) is 11.4. The van der Waals surface area contributed by atoms with E-state index >= 15 is 0 Å². The van der Waals surface area contributed by atoms with Gasteiger partial charge < -0.3 is 10.0 Å². The van der Waals surface area contributed by atoms with Gasteiger partial charge in [0.15, 0.2) is 0 Å². The Labute approximate surface area is 114 Å². The largest absolute Gasteiger partial charge is 0.481 e. The van der Waals surface area contributed by atoms with E-state index in [4.69, 9.17) is 0 Å². The van der Waals surface area contributed by atoms with E-state index in [0.29, 0.717) is 0 Å². The van der Waals surface area contributed by atoms with Gasteiger partial charge in [0.1, 0.15) is 0 Å². The van der Waals surface area contributed by atoms with Crippen molar-refractivity contribution in [2.45, 2.75) is 38.6 Å². The van der Waals surface area contributed by atoms with Gasteiger partial charge >= 0.3 is 5.97 Å². The number of aliphatic carboxylic acids is 1. The summed E-state index contributed by atoms with van der Waals surface area (Å²) in [7, 11) is 0. The minimum absolute atomic E-state index is 0.121. The molecule has 102 valence electrons. The summed E-state index contributed by atoms with van der Waals surface area (Å²) in [5.74, 6) is -0.237. The fraction of sp³-hybridized carbons (Fsp3) is 0.562. The van der Waals surface area contributed by atoms with Crippen molar-refractivity contribution in [3.8, 4) is 0 Å². The van der Waals surface area contributed by atoms with E-state index < -0.39 is 5.97 Å². The molecule has 1 fully saturated rings. The summed E-state index contributed by atoms with van der Waals surface area (Å²) in [4.78, 5) is 13.7. The highest BCUT2D eigenvalue weighted by Crippen LogP contribution is 2.38. The molecular formula is C16H21NO2. The molecule has 0 amide bonds. The lowest BCUT2D eigenvalue weighted by Gasteiger charge is -2.36. The predicted molar refractivity (Wildman–Crippen MR) is 75.4 cm³/mol. The maximum atomic E-state index is 11.3. The van der Waals surface area contributed by atoms with Gasteiger partial charge in [0.2, 0.25) is 0 Å². The van der Waals surface area contributed by atoms with Crippen LogP contribution in [0.5, 0.6) is 0 Å². The first-order chi connectivity index (χ1) is 9.16. The van der Waals surface area contributed by atoms with Crippen molar-refractivity contribution >= 4 is 11.7 Å². The van der Waals surface area contributed by atoms with Crippen LogP contribution in [0, 0.1) is 11.8 Å². The highest BCUT2D eigenvalue weighted by Gasteiger charge is 2.37. The van der Waals surface area contributed by atoms with E-state index in [2.05, 4.69) is 23.1 Å². The second kappa shape index (κ2) is 4.87. The lowest BCUT2D eigenvalue weighted by atomic mass is 9.84. The van der Waals surface area contributed by atoms with Crippen molar-refractivity contribution in [2.24, 2.45) is 11.8 Å². The standard InChI is InChI=1S/C16H21NO2/c1-11(16(18)19)15-9-13-7-2-3-8-14(13)17(15)10-12-5-4-6-12/h2-3,7-8,11-12,15H,4-6,9-10H2,1H3,(H,18,19). The molecule has 1 N–H and O–H groups in total. The van der Waals surface area contributed by atoms with E-state index in [-0.39, 0.29) is 12.0 Å². The van der Waals surface area contributed by atoms with Crippen LogP contribution in [0.15, 0.2) is 24.3 Å². The number of para-hydroxylation sites is 1. The summed E-state index contributed by atoms with van der Waals surface area (Å²) in [6, 6.07) is 8.50. The van der Waals surface area contributed by atoms with Gasteiger partial charge in [-0.05, 0) is 43.7 Å². The van der Waals surface area contributed by atoms with Crippen LogP contribution in [-0.2, 0) is 11.2 Å². The molecular weight excluding hydrogens is 238 g/mol. The molecule has 1 aliphatic carbocycles. The monoisotopic (exact) mass is 259 g/mol. The number of benzene rings is 1. The van der Waals surface area contributed by atoms with Crippen molar-refractivity contribution in [3.63, 3.8) is 0 Å². The first-order valence-corrected chi connectivity index (χ1v) is 7.24. The Morgan fingerprint density at radius 3 is 2.79 bits per heavy atom. The molecule has 19 heavy (non-hydrogen) atoms. The first kappa shape index (κ1) is 12.5. The van der Waals surface area contributed by atoms with Gasteiger partial charge in [-0.2, -0.15) is 0 Å². The molecule has 0 aromatic heterocycles. The SMILES string of the molecule is CC(C(=O)O)C1Cc2ccccc2N1CC1CCC1. The van der Waals surface area contributed by atoms with Gasteiger partial charge in [-0.3, -0.25) is 4.79 Å². The van der Waals surface area contributed by atoms with Gasteiger partial charge in [-0.15, -0.1) is 0 Å². The quantitative estimate of drug-likeness (QED) is 0.903. The van der Waals surface area contributed by atoms with Crippen LogP contribution in [0.1, 0.15) is 31.7 Å². The Morgan fingerprint density at radius 1 is 1.42 bits per heavy atom. The number of carboxylic acid groups (broad SMARTS) is 1. The van der Waals surface area contributed by atoms with Crippen molar-refractivity contribution < 1.29 is 9.90 Å². The van der Waals surface area contributed by atoms with Gasteiger partial charge in [0, 0.05) is 18.3 Å². The Balaban J connectivity index is 1.86. The number of carbonyl (C=O) groups is 1. The smallest absolute Gasteiger partial charge is 0.308 e. The number of carboxylic acids is 1. The van der Waals surface area contributed by atoms with E-state index in [1.54, 1.807) is 0 Å². The number of fused-ring (bicyclic) bond motifs is 1. The normalized spacial score (nSPS) is 23.8. The molecule has 1 saturated carbocycles. The number of anilines is 1. The van der Waals surface area contributed by atoms with Gasteiger partial charge in [-0.25, -0.2) is 0 Å². The number of hydrogen-bond acceptors (Lipinski definition) is 2. The van der Waals surface area contributed by atoms with E-state index in [1.807, 2.05) is 13.0 Å². The van der Waals surface area contributed by atoms with Crippen molar-refractivity contribution in [1.82, 2.24) is 0 Å². The molecule has 0 bridgehead atoms. The molecule has 3 heteroatoms. The molecule has 1 aromatic rings. The Kier molecular flexibility index (Phi) is 3.21. The average Bonchev–Trinajstić information content (AvgIpc) is 2.71. The second-order valence-corrected chi connectivity index (χ2v) is 5.98. The zero-order valence-corrected chi connectivity index (χ0v) is 11.4. The van der Waals surface area contributed by atoms with Crippen molar-refractivity contribution in [2.75, 3.05) is 11.4 Å². The van der Waals surface area contributed by atoms with Crippen LogP contribution in [0.4, 0.5) is 5.69 Å². The van der Waals surface area contributed by atoms with Gasteiger partial charge in [0.25, 0.3) is 0 Å². The summed E-state index contributed by atoms with van der Waals surface area (Å²) in [6.45, 7) is 2.87. The first-order valence-electron chi connectivity index (χ1n) is 7.24. The predicted octanol–water partition coefficient (Wildman–Crippen LogP) is 2.94. The lowest BCUT2D eigenvalue weighted by Crippen LogP contribution is -2.43. The Hall–Kier alpha value is -1.51. The van der Waals surface area contributed by atoms with E-state index in [0.717, 1.165) is 18.9 Å². The second-order valence-electron chi connectivity index (χ2n) is 5.98. The van der Waals surface area contributed by atoms with Gasteiger partial charge in [-0.1, -0.05) is 24.6 Å². The summed E-state index contributed by atoms with van der Waals surface area (Å²) in [5, 5.41) is 9.32. The van der Waals surface area contributed by atoms with Crippen LogP contribution in [0.25, 0.3) is 0 Å². The molecule has 1 aliphatic heterocycles. The summed E-state index contributed by atoms with van der Waals surface area (Å²) >= 11 is 0. The average molecular weight is 259 g/mol. The minimum Gasteiger partial charge on any atom is -0.481 e. The minimum atomic E-state index is -0.684. The van der Waals surface area contributed by atoms with Crippen LogP contribution in [0.2, 0.25) is 0 Å². The number of nitrogens with zero attached hydrogens (tertiary/aromatic N) is 1. The molecule has 0 spiro atoms. The third kappa shape index (κ3) is 2.22. The lowest BCUT2D eigenvalue weighted by molar-refractivity contribution is -0.141. The van der Waals surface area contributed by atoms with Crippen LogP contribution in [-0.4, -0.2) is 23.7 Å².